The van der Waals surface area contributed by atoms with Crippen LogP contribution in [0.2, 0.25) is 0 Å². The molecule has 0 heterocycles. The van der Waals surface area contributed by atoms with Gasteiger partial charge < -0.3 is 31.2 Å². The van der Waals surface area contributed by atoms with Crippen molar-refractivity contribution >= 4 is 23.3 Å². The number of rotatable bonds is 6. The molecule has 0 fully saturated rings. The third kappa shape index (κ3) is 8.21. The van der Waals surface area contributed by atoms with Gasteiger partial charge in [-0.15, -0.1) is 0 Å². The Balaban J connectivity index is 0.000000277. The van der Waals surface area contributed by atoms with Crippen molar-refractivity contribution in [1.29, 1.82) is 0 Å². The molecule has 2 aromatic carbocycles. The molecule has 0 saturated carbocycles. The van der Waals surface area contributed by atoms with Gasteiger partial charge in [-0.2, -0.15) is 0 Å². The van der Waals surface area contributed by atoms with Gasteiger partial charge in [-0.25, -0.2) is 9.59 Å². The zero-order valence-corrected chi connectivity index (χ0v) is 15.0. The van der Waals surface area contributed by atoms with Crippen molar-refractivity contribution in [3.05, 3.63) is 59.7 Å². The molecule has 6 N–H and O–H groups in total. The quantitative estimate of drug-likeness (QED) is 0.435. The molecule has 0 amide bonds. The van der Waals surface area contributed by atoms with Gasteiger partial charge in [0.1, 0.15) is 12.7 Å². The average Bonchev–Trinajstić information content (AvgIpc) is 2.67. The van der Waals surface area contributed by atoms with Crippen LogP contribution in [-0.4, -0.2) is 48.1 Å². The third-order valence-electron chi connectivity index (χ3n) is 3.19. The van der Waals surface area contributed by atoms with E-state index in [-0.39, 0.29) is 12.6 Å². The molecule has 8 heteroatoms. The van der Waals surface area contributed by atoms with Crippen LogP contribution in [0.1, 0.15) is 27.6 Å². The van der Waals surface area contributed by atoms with Crippen LogP contribution in [0.25, 0.3) is 0 Å². The molecule has 146 valence electrons. The van der Waals surface area contributed by atoms with Gasteiger partial charge in [0.25, 0.3) is 0 Å². The molecule has 0 aromatic heterocycles. The zero-order valence-electron chi connectivity index (χ0n) is 15.0. The van der Waals surface area contributed by atoms with E-state index < -0.39 is 18.7 Å². The summed E-state index contributed by atoms with van der Waals surface area (Å²) in [5.41, 5.74) is 13.0. The van der Waals surface area contributed by atoms with Gasteiger partial charge in [-0.05, 0) is 55.5 Å². The number of ether oxygens (including phenoxy) is 2. The fourth-order valence-corrected chi connectivity index (χ4v) is 1.76. The molecule has 1 unspecified atom stereocenters. The molecule has 0 aliphatic carbocycles. The van der Waals surface area contributed by atoms with E-state index in [1.54, 1.807) is 43.3 Å². The standard InChI is InChI=1S/C10H13NO4.C9H11NO2/c11-8-3-1-7(2-4-8)10(14)15-6-9(13)5-12;1-2-12-9(11)7-3-5-8(10)6-4-7/h1-4,9,12-13H,5-6,11H2;3-6H,2,10H2,1H3. The van der Waals surface area contributed by atoms with Crippen molar-refractivity contribution in [3.63, 3.8) is 0 Å². The normalized spacial score (nSPS) is 10.9. The zero-order chi connectivity index (χ0) is 20.2. The first kappa shape index (κ1) is 21.9. The predicted octanol–water partition coefficient (Wildman–Crippen LogP) is 1.22. The minimum atomic E-state index is -1.04. The van der Waals surface area contributed by atoms with Crippen LogP contribution in [0.15, 0.2) is 48.5 Å². The van der Waals surface area contributed by atoms with Crippen LogP contribution in [0.5, 0.6) is 0 Å². The lowest BCUT2D eigenvalue weighted by Gasteiger charge is -2.08. The van der Waals surface area contributed by atoms with Crippen LogP contribution < -0.4 is 11.5 Å². The van der Waals surface area contributed by atoms with Crippen LogP contribution in [0.4, 0.5) is 11.4 Å². The summed E-state index contributed by atoms with van der Waals surface area (Å²) in [4.78, 5) is 22.4. The molecule has 0 aliphatic rings. The average molecular weight is 376 g/mol. The first-order chi connectivity index (χ1) is 12.9. The molecular weight excluding hydrogens is 352 g/mol. The van der Waals surface area contributed by atoms with E-state index in [1.807, 2.05) is 0 Å². The second-order valence-corrected chi connectivity index (χ2v) is 5.40. The number of anilines is 2. The lowest BCUT2D eigenvalue weighted by molar-refractivity contribution is 0.00932. The molecule has 0 spiro atoms. The SMILES string of the molecule is CCOC(=O)c1ccc(N)cc1.Nc1ccc(C(=O)OCC(O)CO)cc1. The second kappa shape index (κ2) is 11.5. The van der Waals surface area contributed by atoms with E-state index in [1.165, 1.54) is 12.1 Å². The Labute approximate surface area is 157 Å². The summed E-state index contributed by atoms with van der Waals surface area (Å²) in [6.45, 7) is 1.51. The maximum atomic E-state index is 11.3. The summed E-state index contributed by atoms with van der Waals surface area (Å²) in [6.07, 6.45) is -1.04. The number of aliphatic hydroxyl groups excluding tert-OH is 2. The predicted molar refractivity (Wildman–Crippen MR) is 101 cm³/mol. The van der Waals surface area contributed by atoms with Crippen LogP contribution in [0.3, 0.4) is 0 Å². The topological polar surface area (TPSA) is 145 Å². The number of benzene rings is 2. The number of aliphatic hydroxyl groups is 2. The minimum Gasteiger partial charge on any atom is -0.462 e. The number of nitrogens with two attached hydrogens (primary N) is 2. The van der Waals surface area contributed by atoms with Crippen molar-refractivity contribution in [2.24, 2.45) is 0 Å². The van der Waals surface area contributed by atoms with Crippen molar-refractivity contribution < 1.29 is 29.3 Å². The Kier molecular flexibility index (Phi) is 9.35. The van der Waals surface area contributed by atoms with Crippen LogP contribution in [-0.2, 0) is 9.47 Å². The maximum absolute atomic E-state index is 11.3. The Morgan fingerprint density at radius 1 is 0.889 bits per heavy atom. The van der Waals surface area contributed by atoms with Crippen molar-refractivity contribution in [3.8, 4) is 0 Å². The van der Waals surface area contributed by atoms with Crippen molar-refractivity contribution in [2.75, 3.05) is 31.3 Å². The molecule has 8 nitrogen and oxygen atoms in total. The first-order valence-electron chi connectivity index (χ1n) is 8.21. The highest BCUT2D eigenvalue weighted by atomic mass is 16.5. The Hall–Kier alpha value is -3.10. The lowest BCUT2D eigenvalue weighted by atomic mass is 10.2. The van der Waals surface area contributed by atoms with E-state index >= 15 is 0 Å². The number of nitrogen functional groups attached to an aromatic ring is 2. The molecule has 2 rings (SSSR count). The van der Waals surface area contributed by atoms with Crippen molar-refractivity contribution in [1.82, 2.24) is 0 Å². The van der Waals surface area contributed by atoms with Gasteiger partial charge in [-0.1, -0.05) is 0 Å². The summed E-state index contributed by atoms with van der Waals surface area (Å²) in [6, 6.07) is 12.9. The number of hydrogen-bond donors (Lipinski definition) is 4. The van der Waals surface area contributed by atoms with E-state index in [4.69, 9.17) is 31.2 Å². The minimum absolute atomic E-state index is 0.223. The summed E-state index contributed by atoms with van der Waals surface area (Å²) in [5, 5.41) is 17.4. The molecule has 27 heavy (non-hydrogen) atoms. The largest absolute Gasteiger partial charge is 0.462 e. The van der Waals surface area contributed by atoms with Gasteiger partial charge >= 0.3 is 11.9 Å². The summed E-state index contributed by atoms with van der Waals surface area (Å²) >= 11 is 0. The molecular formula is C19H24N2O6. The van der Waals surface area contributed by atoms with E-state index in [0.29, 0.717) is 29.1 Å². The highest BCUT2D eigenvalue weighted by Crippen LogP contribution is 2.07. The molecule has 0 radical (unpaired) electrons. The Morgan fingerprint density at radius 2 is 1.30 bits per heavy atom. The van der Waals surface area contributed by atoms with Crippen LogP contribution >= 0.6 is 0 Å². The highest BCUT2D eigenvalue weighted by Gasteiger charge is 2.09. The summed E-state index contributed by atoms with van der Waals surface area (Å²) in [7, 11) is 0. The van der Waals surface area contributed by atoms with Gasteiger partial charge in [0.05, 0.1) is 24.3 Å². The monoisotopic (exact) mass is 376 g/mol. The number of hydrogen-bond acceptors (Lipinski definition) is 8. The fourth-order valence-electron chi connectivity index (χ4n) is 1.76. The van der Waals surface area contributed by atoms with Gasteiger partial charge in [0.2, 0.25) is 0 Å². The number of esters is 2. The van der Waals surface area contributed by atoms with Gasteiger partial charge in [-0.3, -0.25) is 0 Å². The van der Waals surface area contributed by atoms with Gasteiger partial charge in [0.15, 0.2) is 0 Å². The second-order valence-electron chi connectivity index (χ2n) is 5.40. The summed E-state index contributed by atoms with van der Waals surface area (Å²) in [5.74, 6) is -0.861. The maximum Gasteiger partial charge on any atom is 0.338 e. The molecule has 0 bridgehead atoms. The van der Waals surface area contributed by atoms with E-state index in [0.717, 1.165) is 0 Å². The Morgan fingerprint density at radius 3 is 1.67 bits per heavy atom. The van der Waals surface area contributed by atoms with E-state index in [9.17, 15) is 9.59 Å². The molecule has 1 atom stereocenters. The van der Waals surface area contributed by atoms with E-state index in [2.05, 4.69) is 0 Å². The molecule has 0 saturated heterocycles. The summed E-state index contributed by atoms with van der Waals surface area (Å²) < 4.78 is 9.52. The van der Waals surface area contributed by atoms with Crippen molar-refractivity contribution in [2.45, 2.75) is 13.0 Å². The first-order valence-corrected chi connectivity index (χ1v) is 8.21. The van der Waals surface area contributed by atoms with Gasteiger partial charge in [0, 0.05) is 11.4 Å². The third-order valence-corrected chi connectivity index (χ3v) is 3.19. The van der Waals surface area contributed by atoms with Crippen LogP contribution in [0, 0.1) is 0 Å². The molecule has 0 aliphatic heterocycles. The highest BCUT2D eigenvalue weighted by molar-refractivity contribution is 5.90. The molecule has 2 aromatic rings. The fraction of sp³-hybridized carbons (Fsp3) is 0.263. The Bertz CT molecular complexity index is 716. The lowest BCUT2D eigenvalue weighted by Crippen LogP contribution is -2.21. The number of carbonyl (C=O) groups is 2. The number of carbonyl (C=O) groups excluding carboxylic acids is 2. The smallest absolute Gasteiger partial charge is 0.338 e.